The van der Waals surface area contributed by atoms with Crippen LogP contribution in [0.2, 0.25) is 5.02 Å². The number of nitrogens with two attached hydrogens (primary N) is 2. The first-order chi connectivity index (χ1) is 7.72. The van der Waals surface area contributed by atoms with Crippen LogP contribution in [-0.2, 0) is 0 Å². The van der Waals surface area contributed by atoms with Crippen molar-refractivity contribution in [1.82, 2.24) is 25.8 Å². The largest absolute Gasteiger partial charge is 0.383 e. The number of aromatic amines is 1. The van der Waals surface area contributed by atoms with Gasteiger partial charge >= 0.3 is 0 Å². The zero-order valence-electron chi connectivity index (χ0n) is 8.18. The Bertz CT molecular complexity index is 469. The molecule has 0 fully saturated rings. The van der Waals surface area contributed by atoms with Gasteiger partial charge in [0.15, 0.2) is 0 Å². The van der Waals surface area contributed by atoms with E-state index in [4.69, 9.17) is 23.2 Å². The fraction of sp³-hybridized carbons (Fsp3) is 0.125. The quantitative estimate of drug-likeness (QED) is 0.442. The van der Waals surface area contributed by atoms with Crippen molar-refractivity contribution in [2.75, 3.05) is 5.73 Å². The summed E-state index contributed by atoms with van der Waals surface area (Å²) in [4.78, 5) is 3.95. The second kappa shape index (κ2) is 4.44. The summed E-state index contributed by atoms with van der Waals surface area (Å²) < 4.78 is 0. The molecule has 0 saturated carbocycles. The van der Waals surface area contributed by atoms with Crippen molar-refractivity contribution in [2.45, 2.75) is 6.04 Å². The van der Waals surface area contributed by atoms with E-state index in [0.29, 0.717) is 22.1 Å². The van der Waals surface area contributed by atoms with Gasteiger partial charge in [-0.3, -0.25) is 5.84 Å². The molecule has 0 aliphatic rings. The second-order valence-corrected chi connectivity index (χ2v) is 3.56. The second-order valence-electron chi connectivity index (χ2n) is 3.12. The highest BCUT2D eigenvalue weighted by molar-refractivity contribution is 6.30. The predicted molar refractivity (Wildman–Crippen MR) is 59.2 cm³/mol. The minimum atomic E-state index is -0.398. The van der Waals surface area contributed by atoms with Crippen LogP contribution < -0.4 is 17.0 Å². The Hall–Kier alpha value is -1.70. The van der Waals surface area contributed by atoms with E-state index >= 15 is 0 Å². The van der Waals surface area contributed by atoms with E-state index in [9.17, 15) is 0 Å². The van der Waals surface area contributed by atoms with Crippen molar-refractivity contribution in [3.8, 4) is 0 Å². The zero-order chi connectivity index (χ0) is 11.5. The van der Waals surface area contributed by atoms with Crippen LogP contribution in [0.1, 0.15) is 17.3 Å². The molecule has 0 amide bonds. The van der Waals surface area contributed by atoms with Gasteiger partial charge in [-0.2, -0.15) is 15.4 Å². The number of hydrogen-bond donors (Lipinski definition) is 4. The maximum Gasteiger partial charge on any atom is 0.128 e. The number of nitrogen functional groups attached to an aromatic ring is 1. The number of halogens is 1. The van der Waals surface area contributed by atoms with Crippen LogP contribution >= 0.6 is 11.6 Å². The molecule has 16 heavy (non-hydrogen) atoms. The molecule has 1 unspecified atom stereocenters. The summed E-state index contributed by atoms with van der Waals surface area (Å²) in [5, 5.41) is 10.6. The van der Waals surface area contributed by atoms with Crippen molar-refractivity contribution >= 4 is 17.4 Å². The van der Waals surface area contributed by atoms with Gasteiger partial charge in [0.05, 0.1) is 17.3 Å². The van der Waals surface area contributed by atoms with E-state index in [1.54, 1.807) is 12.3 Å². The number of H-pyrrole nitrogens is 1. The first kappa shape index (κ1) is 10.8. The van der Waals surface area contributed by atoms with E-state index in [1.165, 1.54) is 6.20 Å². The summed E-state index contributed by atoms with van der Waals surface area (Å²) in [5.41, 5.74) is 9.60. The standard InChI is InChI=1S/C8H10ClN7/c9-4-1-5(8(10)12-2-4)7(14-11)6-3-13-16-15-6/h1-3,7,14H,11H2,(H2,10,12)(H,13,15,16). The van der Waals surface area contributed by atoms with E-state index < -0.39 is 6.04 Å². The molecule has 2 aromatic heterocycles. The highest BCUT2D eigenvalue weighted by atomic mass is 35.5. The van der Waals surface area contributed by atoms with Crippen molar-refractivity contribution in [3.05, 3.63) is 34.7 Å². The van der Waals surface area contributed by atoms with Crippen LogP contribution in [0.15, 0.2) is 18.5 Å². The lowest BCUT2D eigenvalue weighted by molar-refractivity contribution is 0.618. The van der Waals surface area contributed by atoms with Gasteiger partial charge in [-0.1, -0.05) is 11.6 Å². The molecule has 1 atom stereocenters. The topological polar surface area (TPSA) is 119 Å². The third-order valence-electron chi connectivity index (χ3n) is 2.12. The number of aromatic nitrogens is 4. The lowest BCUT2D eigenvalue weighted by atomic mass is 10.1. The molecule has 0 spiro atoms. The summed E-state index contributed by atoms with van der Waals surface area (Å²) in [6.45, 7) is 0. The van der Waals surface area contributed by atoms with E-state index in [0.717, 1.165) is 0 Å². The van der Waals surface area contributed by atoms with Gasteiger partial charge < -0.3 is 5.73 Å². The third kappa shape index (κ3) is 1.96. The van der Waals surface area contributed by atoms with Gasteiger partial charge in [0.1, 0.15) is 11.5 Å². The Balaban J connectivity index is 2.44. The maximum atomic E-state index is 5.85. The van der Waals surface area contributed by atoms with Gasteiger partial charge in [-0.05, 0) is 6.07 Å². The lowest BCUT2D eigenvalue weighted by Gasteiger charge is -2.14. The molecule has 2 heterocycles. The first-order valence-electron chi connectivity index (χ1n) is 4.45. The molecule has 8 heteroatoms. The Kier molecular flexibility index (Phi) is 3.00. The Morgan fingerprint density at radius 1 is 1.44 bits per heavy atom. The average Bonchev–Trinajstić information content (AvgIpc) is 2.78. The van der Waals surface area contributed by atoms with Crippen molar-refractivity contribution < 1.29 is 0 Å². The highest BCUT2D eigenvalue weighted by Gasteiger charge is 2.18. The molecule has 0 saturated heterocycles. The van der Waals surface area contributed by atoms with Crippen LogP contribution in [0.5, 0.6) is 0 Å². The Labute approximate surface area is 96.2 Å². The minimum Gasteiger partial charge on any atom is -0.383 e. The molecule has 7 nitrogen and oxygen atoms in total. The normalized spacial score (nSPS) is 12.6. The molecule has 0 radical (unpaired) electrons. The SMILES string of the molecule is NNC(c1cn[nH]n1)c1cc(Cl)cnc1N. The zero-order valence-corrected chi connectivity index (χ0v) is 8.94. The molecule has 0 aromatic carbocycles. The summed E-state index contributed by atoms with van der Waals surface area (Å²) in [5.74, 6) is 5.80. The van der Waals surface area contributed by atoms with Gasteiger partial charge in [-0.15, -0.1) is 0 Å². The van der Waals surface area contributed by atoms with Gasteiger partial charge in [0.2, 0.25) is 0 Å². The monoisotopic (exact) mass is 239 g/mol. The number of nitrogens with one attached hydrogen (secondary N) is 2. The van der Waals surface area contributed by atoms with Crippen LogP contribution in [0.25, 0.3) is 0 Å². The Morgan fingerprint density at radius 2 is 2.25 bits per heavy atom. The van der Waals surface area contributed by atoms with Crippen LogP contribution in [-0.4, -0.2) is 20.4 Å². The van der Waals surface area contributed by atoms with Crippen LogP contribution in [0.3, 0.4) is 0 Å². The fourth-order valence-electron chi connectivity index (χ4n) is 1.38. The van der Waals surface area contributed by atoms with Crippen molar-refractivity contribution in [3.63, 3.8) is 0 Å². The summed E-state index contributed by atoms with van der Waals surface area (Å²) in [6, 6.07) is 1.29. The molecule has 2 aromatic rings. The molecule has 6 N–H and O–H groups in total. The lowest BCUT2D eigenvalue weighted by Crippen LogP contribution is -2.30. The molecule has 0 bridgehead atoms. The molecular formula is C8H10ClN7. The minimum absolute atomic E-state index is 0.343. The number of hydrazine groups is 1. The number of hydrogen-bond acceptors (Lipinski definition) is 6. The first-order valence-corrected chi connectivity index (χ1v) is 4.83. The molecular weight excluding hydrogens is 230 g/mol. The number of nitrogens with zero attached hydrogens (tertiary/aromatic N) is 3. The molecule has 0 aliphatic carbocycles. The summed E-state index contributed by atoms with van der Waals surface area (Å²) >= 11 is 5.85. The molecule has 2 rings (SSSR count). The predicted octanol–water partition coefficient (Wildman–Crippen LogP) is -0.0120. The number of pyridine rings is 1. The summed E-state index contributed by atoms with van der Waals surface area (Å²) in [6.07, 6.45) is 3.02. The number of rotatable bonds is 3. The third-order valence-corrected chi connectivity index (χ3v) is 2.33. The van der Waals surface area contributed by atoms with Crippen LogP contribution in [0, 0.1) is 0 Å². The summed E-state index contributed by atoms with van der Waals surface area (Å²) in [7, 11) is 0. The smallest absolute Gasteiger partial charge is 0.128 e. The molecule has 84 valence electrons. The Morgan fingerprint density at radius 3 is 2.88 bits per heavy atom. The fourth-order valence-corrected chi connectivity index (χ4v) is 1.55. The van der Waals surface area contributed by atoms with Crippen molar-refractivity contribution in [2.24, 2.45) is 5.84 Å². The van der Waals surface area contributed by atoms with Gasteiger partial charge in [0.25, 0.3) is 0 Å². The van der Waals surface area contributed by atoms with E-state index in [2.05, 4.69) is 25.8 Å². The van der Waals surface area contributed by atoms with Gasteiger partial charge in [-0.25, -0.2) is 10.4 Å². The number of anilines is 1. The van der Waals surface area contributed by atoms with Gasteiger partial charge in [0, 0.05) is 11.8 Å². The van der Waals surface area contributed by atoms with Crippen LogP contribution in [0.4, 0.5) is 5.82 Å². The highest BCUT2D eigenvalue weighted by Crippen LogP contribution is 2.25. The average molecular weight is 240 g/mol. The maximum absolute atomic E-state index is 5.85. The van der Waals surface area contributed by atoms with E-state index in [1.807, 2.05) is 0 Å². The van der Waals surface area contributed by atoms with E-state index in [-0.39, 0.29) is 0 Å². The molecule has 0 aliphatic heterocycles. The van der Waals surface area contributed by atoms with Crippen molar-refractivity contribution in [1.29, 1.82) is 0 Å².